The number of nitriles is 1. The van der Waals surface area contributed by atoms with Gasteiger partial charge in [0.1, 0.15) is 11.8 Å². The fourth-order valence-corrected chi connectivity index (χ4v) is 1.64. The average molecular weight is 183 g/mol. The number of rotatable bonds is 3. The van der Waals surface area contributed by atoms with E-state index in [9.17, 15) is 0 Å². The Bertz CT molecular complexity index is 233. The summed E-state index contributed by atoms with van der Waals surface area (Å²) in [6, 6.07) is 1.92. The van der Waals surface area contributed by atoms with Crippen LogP contribution in [0.5, 0.6) is 0 Å². The van der Waals surface area contributed by atoms with Crippen LogP contribution in [0.3, 0.4) is 0 Å². The molecule has 4 nitrogen and oxygen atoms in total. The first-order valence-corrected chi connectivity index (χ1v) is 4.72. The number of hydrogen-bond donors (Lipinski definition) is 1. The van der Waals surface area contributed by atoms with Crippen LogP contribution in [-0.2, 0) is 4.74 Å². The summed E-state index contributed by atoms with van der Waals surface area (Å²) in [6.07, 6.45) is 1.42. The Kier molecular flexibility index (Phi) is 3.72. The van der Waals surface area contributed by atoms with Crippen molar-refractivity contribution in [3.05, 3.63) is 0 Å². The Hall–Kier alpha value is -0.910. The first-order valence-electron chi connectivity index (χ1n) is 3.69. The molecule has 1 rings (SSSR count). The van der Waals surface area contributed by atoms with Crippen LogP contribution in [0.25, 0.3) is 0 Å². The van der Waals surface area contributed by atoms with Crippen LogP contribution >= 0.6 is 8.20 Å². The second-order valence-corrected chi connectivity index (χ2v) is 3.26. The molecular weight excluding hydrogens is 173 g/mol. The van der Waals surface area contributed by atoms with Crippen molar-refractivity contribution in [3.8, 4) is 6.07 Å². The van der Waals surface area contributed by atoms with Gasteiger partial charge in [0.05, 0.1) is 12.7 Å². The van der Waals surface area contributed by atoms with Gasteiger partial charge in [-0.15, -0.1) is 0 Å². The standard InChI is InChI=1S/C7H10N3OP/c1-2-11-4-9-7-6(3-8)10-5-12-7/h4-7,10H,2H2,1H3. The number of aliphatic imine (C=N–C) groups is 1. The number of nitrogens with one attached hydrogen (secondary N) is 1. The zero-order chi connectivity index (χ0) is 8.81. The van der Waals surface area contributed by atoms with Crippen molar-refractivity contribution in [2.75, 3.05) is 6.61 Å². The van der Waals surface area contributed by atoms with Crippen molar-refractivity contribution in [2.24, 2.45) is 4.99 Å². The molecule has 0 fully saturated rings. The molecule has 0 aromatic carbocycles. The SMILES string of the molecule is CCOC=NC1P=CNC1C#N. The first-order chi connectivity index (χ1) is 5.88. The lowest BCUT2D eigenvalue weighted by molar-refractivity contribution is 0.341. The topological polar surface area (TPSA) is 57.4 Å². The van der Waals surface area contributed by atoms with E-state index in [1.165, 1.54) is 6.40 Å². The van der Waals surface area contributed by atoms with Crippen LogP contribution in [0.15, 0.2) is 4.99 Å². The molecule has 0 bridgehead atoms. The third kappa shape index (κ3) is 2.30. The molecule has 12 heavy (non-hydrogen) atoms. The summed E-state index contributed by atoms with van der Waals surface area (Å²) in [5.41, 5.74) is 0. The number of ether oxygens (including phenoxy) is 1. The summed E-state index contributed by atoms with van der Waals surface area (Å²) in [4.78, 5) is 4.09. The van der Waals surface area contributed by atoms with Crippen molar-refractivity contribution >= 4 is 20.5 Å². The highest BCUT2D eigenvalue weighted by molar-refractivity contribution is 7.39. The summed E-state index contributed by atoms with van der Waals surface area (Å²) < 4.78 is 4.94. The minimum atomic E-state index is -0.205. The Balaban J connectivity index is 2.41. The average Bonchev–Trinajstić information content (AvgIpc) is 2.52. The fraction of sp³-hybridized carbons (Fsp3) is 0.571. The summed E-state index contributed by atoms with van der Waals surface area (Å²) in [7, 11) is 1.03. The van der Waals surface area contributed by atoms with Gasteiger partial charge < -0.3 is 4.74 Å². The fourth-order valence-electron chi connectivity index (χ4n) is 0.780. The molecule has 0 spiro atoms. The number of nitrogens with zero attached hydrogens (tertiary/aromatic N) is 2. The molecule has 0 saturated heterocycles. The monoisotopic (exact) mass is 183 g/mol. The Morgan fingerprint density at radius 3 is 3.42 bits per heavy atom. The smallest absolute Gasteiger partial charge is 0.170 e. The summed E-state index contributed by atoms with van der Waals surface area (Å²) in [6.45, 7) is 2.51. The highest BCUT2D eigenvalue weighted by atomic mass is 31.1. The maximum atomic E-state index is 8.64. The molecule has 1 heterocycles. The van der Waals surface area contributed by atoms with Crippen LogP contribution in [-0.4, -0.2) is 30.8 Å². The predicted molar refractivity (Wildman–Crippen MR) is 49.4 cm³/mol. The molecule has 0 radical (unpaired) electrons. The molecule has 5 heteroatoms. The van der Waals surface area contributed by atoms with Crippen molar-refractivity contribution in [1.82, 2.24) is 5.32 Å². The van der Waals surface area contributed by atoms with Crippen LogP contribution in [0.4, 0.5) is 0 Å². The van der Waals surface area contributed by atoms with E-state index in [1.807, 2.05) is 12.8 Å². The second-order valence-electron chi connectivity index (χ2n) is 2.18. The van der Waals surface area contributed by atoms with Gasteiger partial charge in [-0.25, -0.2) is 4.99 Å². The van der Waals surface area contributed by atoms with Gasteiger partial charge in [0.25, 0.3) is 0 Å². The zero-order valence-electron chi connectivity index (χ0n) is 6.77. The van der Waals surface area contributed by atoms with Crippen LogP contribution in [0.1, 0.15) is 6.92 Å². The maximum Gasteiger partial charge on any atom is 0.170 e. The molecule has 1 N–H and O–H groups in total. The number of hydrogen-bond acceptors (Lipinski definition) is 4. The lowest BCUT2D eigenvalue weighted by atomic mass is 10.3. The third-order valence-electron chi connectivity index (χ3n) is 1.37. The Morgan fingerprint density at radius 1 is 1.92 bits per heavy atom. The molecule has 64 valence electrons. The van der Waals surface area contributed by atoms with Gasteiger partial charge in [0.2, 0.25) is 0 Å². The summed E-state index contributed by atoms with van der Waals surface area (Å²) in [5.74, 6) is 1.82. The van der Waals surface area contributed by atoms with Gasteiger partial charge in [-0.2, -0.15) is 5.26 Å². The molecular formula is C7H10N3OP. The van der Waals surface area contributed by atoms with Crippen molar-refractivity contribution in [2.45, 2.75) is 18.7 Å². The van der Waals surface area contributed by atoms with Crippen LogP contribution in [0.2, 0.25) is 0 Å². The molecule has 2 unspecified atom stereocenters. The minimum absolute atomic E-state index is 0.0125. The van der Waals surface area contributed by atoms with E-state index in [0.29, 0.717) is 6.61 Å². The second kappa shape index (κ2) is 4.87. The van der Waals surface area contributed by atoms with E-state index in [4.69, 9.17) is 10.00 Å². The highest BCUT2D eigenvalue weighted by Crippen LogP contribution is 2.17. The largest absolute Gasteiger partial charge is 0.484 e. The quantitative estimate of drug-likeness (QED) is 0.395. The van der Waals surface area contributed by atoms with Crippen molar-refractivity contribution in [3.63, 3.8) is 0 Å². The van der Waals surface area contributed by atoms with E-state index in [-0.39, 0.29) is 11.8 Å². The van der Waals surface area contributed by atoms with E-state index >= 15 is 0 Å². The van der Waals surface area contributed by atoms with Gasteiger partial charge in [-0.3, -0.25) is 5.32 Å². The predicted octanol–water partition coefficient (Wildman–Crippen LogP) is 0.579. The summed E-state index contributed by atoms with van der Waals surface area (Å²) >= 11 is 0. The van der Waals surface area contributed by atoms with Gasteiger partial charge in [-0.05, 0) is 6.92 Å². The molecule has 0 saturated carbocycles. The lowest BCUT2D eigenvalue weighted by Crippen LogP contribution is -2.28. The van der Waals surface area contributed by atoms with Gasteiger partial charge >= 0.3 is 0 Å². The Morgan fingerprint density at radius 2 is 2.75 bits per heavy atom. The molecule has 0 aromatic rings. The van der Waals surface area contributed by atoms with Gasteiger partial charge in [-0.1, -0.05) is 8.20 Å². The van der Waals surface area contributed by atoms with Gasteiger partial charge in [0, 0.05) is 5.92 Å². The molecule has 1 aliphatic rings. The summed E-state index contributed by atoms with van der Waals surface area (Å²) in [5, 5.41) is 11.6. The molecule has 2 atom stereocenters. The minimum Gasteiger partial charge on any atom is -0.484 e. The van der Waals surface area contributed by atoms with Crippen LogP contribution < -0.4 is 5.32 Å². The third-order valence-corrected chi connectivity index (χ3v) is 2.41. The highest BCUT2D eigenvalue weighted by Gasteiger charge is 2.21. The normalized spacial score (nSPS) is 29.0. The van der Waals surface area contributed by atoms with E-state index in [0.717, 1.165) is 8.20 Å². The Labute approximate surface area is 73.0 Å². The molecule has 1 aliphatic heterocycles. The van der Waals surface area contributed by atoms with E-state index in [1.54, 1.807) is 0 Å². The molecule has 0 aliphatic carbocycles. The van der Waals surface area contributed by atoms with E-state index < -0.39 is 0 Å². The van der Waals surface area contributed by atoms with Crippen LogP contribution in [0, 0.1) is 11.3 Å². The molecule has 0 aromatic heterocycles. The van der Waals surface area contributed by atoms with Crippen molar-refractivity contribution < 1.29 is 4.74 Å². The zero-order valence-corrected chi connectivity index (χ0v) is 7.66. The van der Waals surface area contributed by atoms with Crippen molar-refractivity contribution in [1.29, 1.82) is 5.26 Å². The molecule has 0 amide bonds. The lowest BCUT2D eigenvalue weighted by Gasteiger charge is -2.04. The first kappa shape index (κ1) is 9.18. The van der Waals surface area contributed by atoms with Gasteiger partial charge in [0.15, 0.2) is 6.40 Å². The van der Waals surface area contributed by atoms with E-state index in [2.05, 4.69) is 16.4 Å². The maximum absolute atomic E-state index is 8.64.